The van der Waals surface area contributed by atoms with E-state index in [1.54, 1.807) is 0 Å². The predicted octanol–water partition coefficient (Wildman–Crippen LogP) is 6.68. The number of carbonyl (C=O) groups excluding carboxylic acids is 5. The highest BCUT2D eigenvalue weighted by Crippen LogP contribution is 2.17. The minimum absolute atomic E-state index is 0. The van der Waals surface area contributed by atoms with Crippen LogP contribution in [0.3, 0.4) is 0 Å². The van der Waals surface area contributed by atoms with Gasteiger partial charge in [0.05, 0.1) is 0 Å². The van der Waals surface area contributed by atoms with Gasteiger partial charge < -0.3 is 0 Å². The van der Waals surface area contributed by atoms with Crippen LogP contribution in [0, 0.1) is 27.0 Å². The lowest BCUT2D eigenvalue weighted by Crippen LogP contribution is -1.73. The molecule has 10 heteroatoms. The Balaban J connectivity index is -0.0000000274. The second kappa shape index (κ2) is 71.0. The van der Waals surface area contributed by atoms with Gasteiger partial charge in [0.2, 0.25) is 30.4 Å². The fraction of sp³-hybridized carbons (Fsp3) is 0.261. The molecular formula is C23H39N5O5. The van der Waals surface area contributed by atoms with Crippen molar-refractivity contribution >= 4 is 30.4 Å². The molecule has 0 unspecified atom stereocenters. The molecule has 0 aliphatic heterocycles. The van der Waals surface area contributed by atoms with Gasteiger partial charge in [-0.2, -0.15) is 0 Å². The zero-order valence-corrected chi connectivity index (χ0v) is 13.8. The van der Waals surface area contributed by atoms with Gasteiger partial charge in [-0.05, 0) is 11.1 Å². The third-order valence-electron chi connectivity index (χ3n) is 1.88. The van der Waals surface area contributed by atoms with Crippen molar-refractivity contribution in [3.8, 4) is 11.1 Å². The zero-order chi connectivity index (χ0) is 21.8. The first-order valence-corrected chi connectivity index (χ1v) is 6.34. The molecule has 0 heterocycles. The molecule has 0 fully saturated rings. The summed E-state index contributed by atoms with van der Waals surface area (Å²) in [7, 11) is 0. The first-order chi connectivity index (χ1) is 13.0. The van der Waals surface area contributed by atoms with Crippen LogP contribution in [0.2, 0.25) is 0 Å². The molecule has 0 bridgehead atoms. The Morgan fingerprint density at radius 2 is 0.485 bits per heavy atom. The summed E-state index contributed by atoms with van der Waals surface area (Å²) in [6.07, 6.45) is 3.75. The molecule has 2 aromatic rings. The Bertz CT molecular complexity index is 645. The summed E-state index contributed by atoms with van der Waals surface area (Å²) < 4.78 is 0. The number of isocyanates is 5. The van der Waals surface area contributed by atoms with E-state index in [0.717, 1.165) is 30.4 Å². The lowest BCUT2D eigenvalue weighted by atomic mass is 10.1. The Labute approximate surface area is 198 Å². The van der Waals surface area contributed by atoms with E-state index >= 15 is 0 Å². The second-order valence-corrected chi connectivity index (χ2v) is 3.24. The smallest absolute Gasteiger partial charge is 0.222 e. The lowest BCUT2D eigenvalue weighted by Gasteiger charge is -1.98. The molecule has 2 rings (SSSR count). The number of rotatable bonds is 1. The van der Waals surface area contributed by atoms with Crippen molar-refractivity contribution in [2.24, 2.45) is 0 Å². The van der Waals surface area contributed by atoms with Crippen LogP contribution in [0.5, 0.6) is 0 Å². The van der Waals surface area contributed by atoms with Crippen LogP contribution >= 0.6 is 0 Å². The molecule has 0 spiro atoms. The average Bonchev–Trinajstić information content (AvgIpc) is 2.67. The van der Waals surface area contributed by atoms with Crippen molar-refractivity contribution in [1.29, 1.82) is 27.0 Å². The predicted molar refractivity (Wildman–Crippen MR) is 134 cm³/mol. The highest BCUT2D eigenvalue weighted by Gasteiger charge is 1.91. The monoisotopic (exact) mass is 465 g/mol. The molecule has 10 nitrogen and oxygen atoms in total. The molecule has 0 atom stereocenters. The van der Waals surface area contributed by atoms with Crippen LogP contribution < -0.4 is 0 Å². The average molecular weight is 466 g/mol. The Kier molecular flexibility index (Phi) is 136. The maximum Gasteiger partial charge on any atom is 0.231 e. The highest BCUT2D eigenvalue weighted by molar-refractivity contribution is 5.62. The molecule has 0 saturated heterocycles. The Hall–Kier alpha value is -4.66. The van der Waals surface area contributed by atoms with E-state index < -0.39 is 0 Å². The third-order valence-corrected chi connectivity index (χ3v) is 1.88. The zero-order valence-electron chi connectivity index (χ0n) is 13.8. The van der Waals surface area contributed by atoms with Crippen molar-refractivity contribution in [2.75, 3.05) is 0 Å². The number of hydrogen-bond acceptors (Lipinski definition) is 10. The van der Waals surface area contributed by atoms with Crippen molar-refractivity contribution in [3.63, 3.8) is 0 Å². The fourth-order valence-electron chi connectivity index (χ4n) is 1.26. The van der Waals surface area contributed by atoms with Crippen LogP contribution in [0.25, 0.3) is 11.1 Å². The van der Waals surface area contributed by atoms with Gasteiger partial charge in [-0.1, -0.05) is 105 Å². The fourth-order valence-corrected chi connectivity index (χ4v) is 1.26. The summed E-state index contributed by atoms with van der Waals surface area (Å²) in [5.41, 5.74) is 2.55. The van der Waals surface area contributed by atoms with Gasteiger partial charge in [0.1, 0.15) is 0 Å². The van der Waals surface area contributed by atoms with Gasteiger partial charge in [-0.15, -0.1) is 0 Å². The largest absolute Gasteiger partial charge is 0.231 e. The molecule has 0 aliphatic carbocycles. The van der Waals surface area contributed by atoms with Crippen molar-refractivity contribution < 1.29 is 24.0 Å². The van der Waals surface area contributed by atoms with Crippen molar-refractivity contribution in [1.82, 2.24) is 0 Å². The lowest BCUT2D eigenvalue weighted by molar-refractivity contribution is 0.562. The topological polar surface area (TPSA) is 205 Å². The van der Waals surface area contributed by atoms with Crippen LogP contribution in [0.4, 0.5) is 0 Å². The van der Waals surface area contributed by atoms with E-state index in [1.165, 1.54) is 11.1 Å². The van der Waals surface area contributed by atoms with Crippen LogP contribution in [0.1, 0.15) is 44.6 Å². The molecule has 2 aromatic carbocycles. The van der Waals surface area contributed by atoms with Crippen LogP contribution in [0.15, 0.2) is 60.7 Å². The first kappa shape index (κ1) is 63.0. The normalized spacial score (nSPS) is 4.73. The van der Waals surface area contributed by atoms with E-state index in [0.29, 0.717) is 0 Å². The SMILES string of the molecule is C.C.C.C.C.C.N=C=O.N=C=O.N=C=O.N=C=O.N=C=O.c1ccc(-c2ccccc2)cc1. The minimum atomic E-state index is 0. The van der Waals surface area contributed by atoms with E-state index in [2.05, 4.69) is 48.5 Å². The Morgan fingerprint density at radius 1 is 0.364 bits per heavy atom. The standard InChI is InChI=1S/C12H10.5CHNO.6CH4/c1-3-7-11(8-4-1)12-9-5-2-6-10-12;5*2-1-3;;;;;;/h1-10H;5*2H;6*1H4. The molecule has 0 aromatic heterocycles. The quantitative estimate of drug-likeness (QED) is 0.230. The summed E-state index contributed by atoms with van der Waals surface area (Å²) >= 11 is 0. The van der Waals surface area contributed by atoms with Gasteiger partial charge in [-0.3, -0.25) is 0 Å². The van der Waals surface area contributed by atoms with E-state index in [4.69, 9.17) is 51.0 Å². The number of nitrogens with one attached hydrogen (secondary N) is 5. The second-order valence-electron chi connectivity index (χ2n) is 3.24. The maximum absolute atomic E-state index is 8.35. The molecule has 0 radical (unpaired) electrons. The van der Waals surface area contributed by atoms with Gasteiger partial charge in [0.15, 0.2) is 0 Å². The molecule has 5 N–H and O–H groups in total. The third kappa shape index (κ3) is 74.6. The van der Waals surface area contributed by atoms with Crippen molar-refractivity contribution in [3.05, 3.63) is 60.7 Å². The number of benzene rings is 2. The van der Waals surface area contributed by atoms with Gasteiger partial charge in [0.25, 0.3) is 0 Å². The summed E-state index contributed by atoms with van der Waals surface area (Å²) in [5, 5.41) is 27.0. The minimum Gasteiger partial charge on any atom is -0.222 e. The maximum atomic E-state index is 8.35. The van der Waals surface area contributed by atoms with E-state index in [1.807, 2.05) is 12.1 Å². The molecule has 0 saturated carbocycles. The molecule has 0 aliphatic rings. The molecular weight excluding hydrogens is 426 g/mol. The summed E-state index contributed by atoms with van der Waals surface area (Å²) in [6, 6.07) is 20.8. The first-order valence-electron chi connectivity index (χ1n) is 6.34. The number of hydrogen-bond donors (Lipinski definition) is 5. The van der Waals surface area contributed by atoms with Crippen LogP contribution in [-0.4, -0.2) is 30.4 Å². The molecule has 33 heavy (non-hydrogen) atoms. The van der Waals surface area contributed by atoms with E-state index in [9.17, 15) is 0 Å². The van der Waals surface area contributed by atoms with Crippen LogP contribution in [-0.2, 0) is 24.0 Å². The van der Waals surface area contributed by atoms with Gasteiger partial charge >= 0.3 is 0 Å². The summed E-state index contributed by atoms with van der Waals surface area (Å²) in [6.45, 7) is 0. The molecule has 0 amide bonds. The van der Waals surface area contributed by atoms with Gasteiger partial charge in [0, 0.05) is 0 Å². The van der Waals surface area contributed by atoms with Gasteiger partial charge in [-0.25, -0.2) is 51.0 Å². The van der Waals surface area contributed by atoms with E-state index in [-0.39, 0.29) is 44.6 Å². The summed E-state index contributed by atoms with van der Waals surface area (Å²) in [5.74, 6) is 0. The summed E-state index contributed by atoms with van der Waals surface area (Å²) in [4.78, 5) is 41.7. The Morgan fingerprint density at radius 3 is 0.606 bits per heavy atom. The highest BCUT2D eigenvalue weighted by atomic mass is 16.1. The van der Waals surface area contributed by atoms with Crippen molar-refractivity contribution in [2.45, 2.75) is 44.6 Å². The molecule has 186 valence electrons.